The number of hydrogen-bond donors (Lipinski definition) is 0. The molecular weight excluding hydrogens is 427 g/mol. The van der Waals surface area contributed by atoms with Gasteiger partial charge in [-0.25, -0.2) is 4.79 Å². The van der Waals surface area contributed by atoms with Gasteiger partial charge in [-0.2, -0.15) is 18.2 Å². The number of aromatic nitrogens is 5. The van der Waals surface area contributed by atoms with Crippen molar-refractivity contribution in [2.75, 3.05) is 0 Å². The third-order valence-corrected chi connectivity index (χ3v) is 5.00. The van der Waals surface area contributed by atoms with Crippen molar-refractivity contribution in [2.45, 2.75) is 19.6 Å². The van der Waals surface area contributed by atoms with E-state index in [1.807, 2.05) is 6.92 Å². The van der Waals surface area contributed by atoms with E-state index in [0.29, 0.717) is 5.56 Å². The first-order chi connectivity index (χ1) is 15.1. The first-order valence-corrected chi connectivity index (χ1v) is 9.49. The minimum atomic E-state index is -4.55. The Morgan fingerprint density at radius 2 is 1.81 bits per heavy atom. The van der Waals surface area contributed by atoms with Crippen molar-refractivity contribution < 1.29 is 17.9 Å². The number of benzene rings is 1. The second-order valence-corrected chi connectivity index (χ2v) is 7.29. The van der Waals surface area contributed by atoms with E-state index >= 15 is 0 Å². The van der Waals surface area contributed by atoms with Gasteiger partial charge in [-0.3, -0.25) is 23.5 Å². The highest BCUT2D eigenvalue weighted by Crippen LogP contribution is 2.33. The van der Waals surface area contributed by atoms with Crippen LogP contribution < -0.4 is 16.0 Å². The Kier molecular flexibility index (Phi) is 5.11. The summed E-state index contributed by atoms with van der Waals surface area (Å²) in [5.41, 5.74) is -0.437. The molecule has 0 aliphatic rings. The Hall–Kier alpha value is -3.89. The molecule has 1 aromatic carbocycles. The lowest BCUT2D eigenvalue weighted by Crippen LogP contribution is -2.37. The fourth-order valence-electron chi connectivity index (χ4n) is 3.27. The molecule has 0 aliphatic heterocycles. The van der Waals surface area contributed by atoms with Crippen LogP contribution in [-0.2, 0) is 26.8 Å². The topological polar surface area (TPSA) is 83.9 Å². The van der Waals surface area contributed by atoms with Gasteiger partial charge in [-0.1, -0.05) is 12.1 Å². The zero-order chi connectivity index (χ0) is 23.2. The molecule has 0 N–H and O–H groups in total. The molecule has 0 atom stereocenters. The minimum absolute atomic E-state index is 0.0557. The first kappa shape index (κ1) is 21.3. The van der Waals surface area contributed by atoms with E-state index in [2.05, 4.69) is 9.97 Å². The fraction of sp³-hybridized carbons (Fsp3) is 0.238. The van der Waals surface area contributed by atoms with Crippen molar-refractivity contribution in [3.63, 3.8) is 0 Å². The van der Waals surface area contributed by atoms with Gasteiger partial charge >= 0.3 is 17.9 Å². The number of halogens is 3. The third-order valence-electron chi connectivity index (χ3n) is 5.00. The maximum Gasteiger partial charge on any atom is 0.416 e. The smallest absolute Gasteiger partial charge is 0.416 e. The van der Waals surface area contributed by atoms with Gasteiger partial charge in [0.2, 0.25) is 0 Å². The summed E-state index contributed by atoms with van der Waals surface area (Å²) in [4.78, 5) is 33.7. The predicted octanol–water partition coefficient (Wildman–Crippen LogP) is 3.00. The molecule has 32 heavy (non-hydrogen) atoms. The molecular formula is C21H18F3N5O3. The number of imidazole rings is 1. The van der Waals surface area contributed by atoms with Crippen molar-refractivity contribution in [2.24, 2.45) is 14.1 Å². The second-order valence-electron chi connectivity index (χ2n) is 7.29. The molecule has 0 aliphatic carbocycles. The normalized spacial score (nSPS) is 11.8. The number of pyridine rings is 1. The van der Waals surface area contributed by atoms with Crippen molar-refractivity contribution >= 4 is 11.2 Å². The Labute approximate surface area is 179 Å². The molecule has 0 bridgehead atoms. The highest BCUT2D eigenvalue weighted by molar-refractivity contribution is 5.72. The molecule has 3 heterocycles. The number of hydrogen-bond acceptors (Lipinski definition) is 5. The van der Waals surface area contributed by atoms with Gasteiger partial charge in [-0.15, -0.1) is 0 Å². The summed E-state index contributed by atoms with van der Waals surface area (Å²) in [5.74, 6) is -0.111. The van der Waals surface area contributed by atoms with Gasteiger partial charge in [-0.05, 0) is 36.8 Å². The molecule has 0 radical (unpaired) electrons. The molecule has 3 aromatic heterocycles. The Bertz CT molecular complexity index is 1430. The Morgan fingerprint density at radius 3 is 2.47 bits per heavy atom. The summed E-state index contributed by atoms with van der Waals surface area (Å²) in [5, 5.41) is 0. The predicted molar refractivity (Wildman–Crippen MR) is 110 cm³/mol. The zero-order valence-corrected chi connectivity index (χ0v) is 17.3. The van der Waals surface area contributed by atoms with Crippen LogP contribution in [0.4, 0.5) is 13.2 Å². The fourth-order valence-corrected chi connectivity index (χ4v) is 3.27. The third kappa shape index (κ3) is 3.77. The van der Waals surface area contributed by atoms with Crippen LogP contribution in [0, 0.1) is 6.92 Å². The average molecular weight is 445 g/mol. The minimum Gasteiger partial charge on any atom is -0.425 e. The summed E-state index contributed by atoms with van der Waals surface area (Å²) in [6.07, 6.45) is -2.94. The van der Waals surface area contributed by atoms with Crippen LogP contribution in [0.5, 0.6) is 11.8 Å². The van der Waals surface area contributed by atoms with Crippen LogP contribution in [0.1, 0.15) is 16.8 Å². The molecule has 0 saturated heterocycles. The van der Waals surface area contributed by atoms with Gasteiger partial charge in [0.05, 0.1) is 12.1 Å². The van der Waals surface area contributed by atoms with Gasteiger partial charge in [0.25, 0.3) is 5.56 Å². The zero-order valence-electron chi connectivity index (χ0n) is 17.3. The largest absolute Gasteiger partial charge is 0.425 e. The molecule has 0 saturated carbocycles. The lowest BCUT2D eigenvalue weighted by atomic mass is 10.2. The summed E-state index contributed by atoms with van der Waals surface area (Å²) >= 11 is 0. The summed E-state index contributed by atoms with van der Waals surface area (Å²) in [6.45, 7) is 1.93. The number of rotatable bonds is 4. The van der Waals surface area contributed by atoms with Crippen molar-refractivity contribution in [3.05, 3.63) is 80.3 Å². The molecule has 0 spiro atoms. The van der Waals surface area contributed by atoms with Gasteiger partial charge in [0.15, 0.2) is 11.2 Å². The number of nitrogens with zero attached hydrogens (tertiary/aromatic N) is 5. The van der Waals surface area contributed by atoms with Gasteiger partial charge < -0.3 is 4.74 Å². The molecule has 0 fully saturated rings. The van der Waals surface area contributed by atoms with E-state index < -0.39 is 23.0 Å². The molecule has 4 aromatic rings. The summed E-state index contributed by atoms with van der Waals surface area (Å²) in [6, 6.07) is 7.79. The van der Waals surface area contributed by atoms with Gasteiger partial charge in [0.1, 0.15) is 5.75 Å². The molecule has 4 rings (SSSR count). The molecule has 0 amide bonds. The summed E-state index contributed by atoms with van der Waals surface area (Å²) < 4.78 is 48.5. The van der Waals surface area contributed by atoms with Crippen LogP contribution in [0.2, 0.25) is 0 Å². The highest BCUT2D eigenvalue weighted by Gasteiger charge is 2.31. The average Bonchev–Trinajstić information content (AvgIpc) is 3.10. The monoisotopic (exact) mass is 445 g/mol. The Balaban J connectivity index is 1.91. The lowest BCUT2D eigenvalue weighted by molar-refractivity contribution is -0.137. The van der Waals surface area contributed by atoms with E-state index in [0.717, 1.165) is 22.4 Å². The highest BCUT2D eigenvalue weighted by atomic mass is 19.4. The van der Waals surface area contributed by atoms with E-state index in [1.54, 1.807) is 18.3 Å². The SMILES string of the molecule is Cc1ccc(Cn2c(Oc3cccc(C(F)(F)F)c3)nc3c2c(=O)n(C)c(=O)n3C)cn1. The second kappa shape index (κ2) is 7.66. The molecule has 11 heteroatoms. The first-order valence-electron chi connectivity index (χ1n) is 9.49. The standard InChI is InChI=1S/C21H18F3N5O3/c1-12-7-8-13(10-25-12)11-29-16-17(27(2)20(31)28(3)18(16)30)26-19(29)32-15-6-4-5-14(9-15)21(22,23)24/h4-10H,11H2,1-3H3. The van der Waals surface area contributed by atoms with Crippen molar-refractivity contribution in [3.8, 4) is 11.8 Å². The lowest BCUT2D eigenvalue weighted by Gasteiger charge is -2.12. The van der Waals surface area contributed by atoms with Crippen LogP contribution in [0.15, 0.2) is 52.2 Å². The molecule has 8 nitrogen and oxygen atoms in total. The van der Waals surface area contributed by atoms with Crippen molar-refractivity contribution in [1.29, 1.82) is 0 Å². The van der Waals surface area contributed by atoms with Crippen LogP contribution in [0.3, 0.4) is 0 Å². The van der Waals surface area contributed by atoms with E-state index in [4.69, 9.17) is 4.74 Å². The maximum atomic E-state index is 13.1. The van der Waals surface area contributed by atoms with E-state index in [-0.39, 0.29) is 29.5 Å². The quantitative estimate of drug-likeness (QED) is 0.482. The summed E-state index contributed by atoms with van der Waals surface area (Å²) in [7, 11) is 2.78. The molecule has 0 unspecified atom stereocenters. The number of aryl methyl sites for hydroxylation is 2. The van der Waals surface area contributed by atoms with Crippen LogP contribution >= 0.6 is 0 Å². The number of alkyl halides is 3. The van der Waals surface area contributed by atoms with Gasteiger partial charge in [0, 0.05) is 26.0 Å². The Morgan fingerprint density at radius 1 is 1.06 bits per heavy atom. The van der Waals surface area contributed by atoms with E-state index in [1.165, 1.54) is 35.4 Å². The molecule has 166 valence electrons. The van der Waals surface area contributed by atoms with Crippen LogP contribution in [-0.4, -0.2) is 23.7 Å². The number of ether oxygens (including phenoxy) is 1. The maximum absolute atomic E-state index is 13.1. The van der Waals surface area contributed by atoms with Crippen LogP contribution in [0.25, 0.3) is 11.2 Å². The van der Waals surface area contributed by atoms with E-state index in [9.17, 15) is 22.8 Å². The number of fused-ring (bicyclic) bond motifs is 1. The van der Waals surface area contributed by atoms with Crippen molar-refractivity contribution in [1.82, 2.24) is 23.7 Å².